The number of hydrogen-bond donors (Lipinski definition) is 3. The number of nitrogens with zero attached hydrogens (tertiary/aromatic N) is 2. The summed E-state index contributed by atoms with van der Waals surface area (Å²) >= 11 is 11.7. The lowest BCUT2D eigenvalue weighted by atomic mass is 9.96. The summed E-state index contributed by atoms with van der Waals surface area (Å²) in [7, 11) is 0. The number of rotatable bonds is 2. The Kier molecular flexibility index (Phi) is 5.14. The van der Waals surface area contributed by atoms with E-state index < -0.39 is 0 Å². The number of carbonyl (C=O) groups is 1. The van der Waals surface area contributed by atoms with Crippen molar-refractivity contribution in [1.82, 2.24) is 4.90 Å². The molecule has 1 aromatic carbocycles. The normalized spacial score (nSPS) is 16.9. The summed E-state index contributed by atoms with van der Waals surface area (Å²) in [6.07, 6.45) is 1.34. The van der Waals surface area contributed by atoms with E-state index in [0.29, 0.717) is 41.7 Å². The number of urea groups is 1. The molecule has 0 aromatic heterocycles. The van der Waals surface area contributed by atoms with E-state index in [2.05, 4.69) is 10.5 Å². The number of amides is 2. The monoisotopic (exact) mass is 330 g/mol. The second-order valence-electron chi connectivity index (χ2n) is 4.85. The first-order valence-corrected chi connectivity index (χ1v) is 7.25. The molecule has 4 N–H and O–H groups in total. The van der Waals surface area contributed by atoms with Crippen molar-refractivity contribution in [2.45, 2.75) is 12.8 Å². The summed E-state index contributed by atoms with van der Waals surface area (Å²) in [6.45, 7) is 1.10. The maximum atomic E-state index is 12.1. The summed E-state index contributed by atoms with van der Waals surface area (Å²) in [5.41, 5.74) is 6.17. The number of nitrogens with one attached hydrogen (secondary N) is 1. The van der Waals surface area contributed by atoms with Gasteiger partial charge in [-0.15, -0.1) is 0 Å². The Labute approximate surface area is 132 Å². The minimum Gasteiger partial charge on any atom is -0.409 e. The van der Waals surface area contributed by atoms with E-state index in [-0.39, 0.29) is 17.8 Å². The Hall–Kier alpha value is -1.66. The van der Waals surface area contributed by atoms with Crippen LogP contribution >= 0.6 is 23.2 Å². The van der Waals surface area contributed by atoms with Crippen LogP contribution in [0.3, 0.4) is 0 Å². The second kappa shape index (κ2) is 6.87. The molecular weight excluding hydrogens is 315 g/mol. The highest BCUT2D eigenvalue weighted by atomic mass is 35.5. The topological polar surface area (TPSA) is 91.0 Å². The molecule has 1 aliphatic rings. The molecule has 1 aliphatic heterocycles. The van der Waals surface area contributed by atoms with Crippen LogP contribution in [-0.2, 0) is 0 Å². The van der Waals surface area contributed by atoms with Crippen molar-refractivity contribution in [3.05, 3.63) is 28.2 Å². The van der Waals surface area contributed by atoms with Crippen molar-refractivity contribution >= 4 is 40.8 Å². The van der Waals surface area contributed by atoms with Gasteiger partial charge in [0.2, 0.25) is 0 Å². The number of benzene rings is 1. The molecule has 21 heavy (non-hydrogen) atoms. The van der Waals surface area contributed by atoms with E-state index in [9.17, 15) is 4.79 Å². The first kappa shape index (κ1) is 15.7. The molecule has 1 aromatic rings. The predicted octanol–water partition coefficient (Wildman–Crippen LogP) is 2.98. The van der Waals surface area contributed by atoms with Gasteiger partial charge >= 0.3 is 6.03 Å². The third-order valence-electron chi connectivity index (χ3n) is 3.49. The standard InChI is InChI=1S/C13H16Cl2N4O2/c14-10-2-1-9(7-11(10)15)17-13(20)19-5-3-8(4-6-19)12(16)18-21/h1-2,7-8,21H,3-6H2,(H2,16,18)(H,17,20). The lowest BCUT2D eigenvalue weighted by Gasteiger charge is -2.31. The van der Waals surface area contributed by atoms with Crippen LogP contribution in [0.15, 0.2) is 23.4 Å². The highest BCUT2D eigenvalue weighted by molar-refractivity contribution is 6.42. The molecule has 0 atom stereocenters. The molecule has 0 saturated carbocycles. The molecule has 1 heterocycles. The third kappa shape index (κ3) is 3.92. The SMILES string of the molecule is NC(=NO)C1CCN(C(=O)Nc2ccc(Cl)c(Cl)c2)CC1. The number of piperidine rings is 1. The van der Waals surface area contributed by atoms with Crippen molar-refractivity contribution in [1.29, 1.82) is 0 Å². The third-order valence-corrected chi connectivity index (χ3v) is 4.23. The molecule has 1 fully saturated rings. The van der Waals surface area contributed by atoms with Gasteiger partial charge in [0.25, 0.3) is 0 Å². The Balaban J connectivity index is 1.91. The maximum Gasteiger partial charge on any atom is 0.321 e. The molecule has 114 valence electrons. The fourth-order valence-electron chi connectivity index (χ4n) is 2.24. The van der Waals surface area contributed by atoms with Crippen LogP contribution in [0.1, 0.15) is 12.8 Å². The largest absolute Gasteiger partial charge is 0.409 e. The zero-order valence-corrected chi connectivity index (χ0v) is 12.7. The number of amidine groups is 1. The van der Waals surface area contributed by atoms with Gasteiger partial charge in [0.1, 0.15) is 5.84 Å². The average Bonchev–Trinajstić information content (AvgIpc) is 2.50. The number of oxime groups is 1. The molecule has 6 nitrogen and oxygen atoms in total. The Morgan fingerprint density at radius 2 is 2.00 bits per heavy atom. The molecule has 0 aliphatic carbocycles. The zero-order valence-electron chi connectivity index (χ0n) is 11.2. The summed E-state index contributed by atoms with van der Waals surface area (Å²) < 4.78 is 0. The van der Waals surface area contributed by atoms with Crippen LogP contribution in [0.4, 0.5) is 10.5 Å². The number of halogens is 2. The van der Waals surface area contributed by atoms with Crippen LogP contribution in [0.5, 0.6) is 0 Å². The smallest absolute Gasteiger partial charge is 0.321 e. The molecule has 2 rings (SSSR count). The van der Waals surface area contributed by atoms with E-state index in [1.165, 1.54) is 0 Å². The number of hydrogen-bond acceptors (Lipinski definition) is 3. The lowest BCUT2D eigenvalue weighted by Crippen LogP contribution is -2.43. The quantitative estimate of drug-likeness (QED) is 0.337. The number of nitrogens with two attached hydrogens (primary N) is 1. The Bertz CT molecular complexity index is 557. The second-order valence-corrected chi connectivity index (χ2v) is 5.66. The highest BCUT2D eigenvalue weighted by Crippen LogP contribution is 2.25. The number of anilines is 1. The first-order chi connectivity index (χ1) is 10.0. The van der Waals surface area contributed by atoms with Gasteiger partial charge in [-0.1, -0.05) is 28.4 Å². The molecule has 0 radical (unpaired) electrons. The van der Waals surface area contributed by atoms with Gasteiger partial charge in [0.15, 0.2) is 0 Å². The van der Waals surface area contributed by atoms with E-state index in [4.69, 9.17) is 34.1 Å². The molecule has 1 saturated heterocycles. The van der Waals surface area contributed by atoms with Gasteiger partial charge in [0, 0.05) is 24.7 Å². The zero-order chi connectivity index (χ0) is 15.4. The van der Waals surface area contributed by atoms with Crippen LogP contribution in [-0.4, -0.2) is 35.1 Å². The molecule has 0 bridgehead atoms. The average molecular weight is 331 g/mol. The highest BCUT2D eigenvalue weighted by Gasteiger charge is 2.25. The minimum absolute atomic E-state index is 0.0176. The lowest BCUT2D eigenvalue weighted by molar-refractivity contribution is 0.192. The van der Waals surface area contributed by atoms with Gasteiger partial charge in [-0.25, -0.2) is 4.79 Å². The maximum absolute atomic E-state index is 12.1. The van der Waals surface area contributed by atoms with Crippen molar-refractivity contribution < 1.29 is 10.0 Å². The van der Waals surface area contributed by atoms with Crippen LogP contribution in [0.25, 0.3) is 0 Å². The first-order valence-electron chi connectivity index (χ1n) is 6.49. The number of carbonyl (C=O) groups excluding carboxylic acids is 1. The summed E-state index contributed by atoms with van der Waals surface area (Å²) in [5.74, 6) is 0.239. The summed E-state index contributed by atoms with van der Waals surface area (Å²) in [5, 5.41) is 15.3. The van der Waals surface area contributed by atoms with Gasteiger partial charge in [-0.05, 0) is 31.0 Å². The van der Waals surface area contributed by atoms with Crippen LogP contribution < -0.4 is 11.1 Å². The Morgan fingerprint density at radius 1 is 1.33 bits per heavy atom. The summed E-state index contributed by atoms with van der Waals surface area (Å²) in [6, 6.07) is 4.72. The van der Waals surface area contributed by atoms with Crippen molar-refractivity contribution in [2.75, 3.05) is 18.4 Å². The van der Waals surface area contributed by atoms with Crippen LogP contribution in [0, 0.1) is 5.92 Å². The van der Waals surface area contributed by atoms with Gasteiger partial charge < -0.3 is 21.2 Å². The van der Waals surface area contributed by atoms with Gasteiger partial charge in [-0.2, -0.15) is 0 Å². The predicted molar refractivity (Wildman–Crippen MR) is 83.2 cm³/mol. The van der Waals surface area contributed by atoms with Crippen molar-refractivity contribution in [3.63, 3.8) is 0 Å². The summed E-state index contributed by atoms with van der Waals surface area (Å²) in [4.78, 5) is 13.8. The fraction of sp³-hybridized carbons (Fsp3) is 0.385. The fourth-order valence-corrected chi connectivity index (χ4v) is 2.53. The molecule has 0 unspecified atom stereocenters. The van der Waals surface area contributed by atoms with E-state index >= 15 is 0 Å². The number of likely N-dealkylation sites (tertiary alicyclic amines) is 1. The molecule has 2 amide bonds. The Morgan fingerprint density at radius 3 is 2.57 bits per heavy atom. The molecule has 8 heteroatoms. The van der Waals surface area contributed by atoms with Crippen molar-refractivity contribution in [3.8, 4) is 0 Å². The van der Waals surface area contributed by atoms with Gasteiger partial charge in [0.05, 0.1) is 10.0 Å². The van der Waals surface area contributed by atoms with Crippen molar-refractivity contribution in [2.24, 2.45) is 16.8 Å². The van der Waals surface area contributed by atoms with E-state index in [1.807, 2.05) is 0 Å². The molecule has 0 spiro atoms. The van der Waals surface area contributed by atoms with Gasteiger partial charge in [-0.3, -0.25) is 0 Å². The molecular formula is C13H16Cl2N4O2. The minimum atomic E-state index is -0.202. The van der Waals surface area contributed by atoms with E-state index in [0.717, 1.165) is 0 Å². The van der Waals surface area contributed by atoms with Crippen LogP contribution in [0.2, 0.25) is 10.0 Å². The van der Waals surface area contributed by atoms with E-state index in [1.54, 1.807) is 23.1 Å².